The Morgan fingerprint density at radius 3 is 2.25 bits per heavy atom. The number of sulfonamides is 1. The number of nitrogens with one attached hydrogen (secondary N) is 2. The molecule has 0 radical (unpaired) electrons. The average molecular weight is 477 g/mol. The number of hydrogen-bond acceptors (Lipinski definition) is 5. The normalized spacial score (nSPS) is 12.7. The first-order valence-electron chi connectivity index (χ1n) is 8.96. The molecular weight excluding hydrogens is 458 g/mol. The highest BCUT2D eigenvalue weighted by Gasteiger charge is 2.31. The topological polar surface area (TPSA) is 105 Å². The van der Waals surface area contributed by atoms with Gasteiger partial charge in [-0.2, -0.15) is 4.72 Å². The van der Waals surface area contributed by atoms with Gasteiger partial charge in [-0.3, -0.25) is 9.59 Å². The van der Waals surface area contributed by atoms with Gasteiger partial charge in [-0.15, -0.1) is 13.2 Å². The number of ether oxygens (including phenoxy) is 1. The lowest BCUT2D eigenvalue weighted by molar-refractivity contribution is -0.274. The zero-order valence-corrected chi connectivity index (χ0v) is 17.6. The molecule has 2 rings (SSSR count). The van der Waals surface area contributed by atoms with Crippen LogP contribution in [0, 0.1) is 5.82 Å². The highest BCUT2D eigenvalue weighted by atomic mass is 32.2. The van der Waals surface area contributed by atoms with Crippen molar-refractivity contribution in [2.75, 3.05) is 18.9 Å². The minimum Gasteiger partial charge on any atom is -0.406 e. The van der Waals surface area contributed by atoms with Crippen molar-refractivity contribution in [2.45, 2.75) is 24.2 Å². The van der Waals surface area contributed by atoms with Crippen molar-refractivity contribution < 1.29 is 40.3 Å². The predicted molar refractivity (Wildman–Crippen MR) is 106 cm³/mol. The highest BCUT2D eigenvalue weighted by molar-refractivity contribution is 7.89. The van der Waals surface area contributed by atoms with E-state index in [2.05, 4.69) is 10.1 Å². The highest BCUT2D eigenvalue weighted by Crippen LogP contribution is 2.24. The molecule has 0 aliphatic rings. The molecule has 13 heteroatoms. The van der Waals surface area contributed by atoms with Crippen molar-refractivity contribution in [1.82, 2.24) is 9.62 Å². The molecule has 8 nitrogen and oxygen atoms in total. The third-order valence-electron chi connectivity index (χ3n) is 3.96. The number of nitrogens with zero attached hydrogens (tertiary/aromatic N) is 1. The fourth-order valence-electron chi connectivity index (χ4n) is 2.57. The Labute approximate surface area is 181 Å². The van der Waals surface area contributed by atoms with Gasteiger partial charge >= 0.3 is 6.36 Å². The summed E-state index contributed by atoms with van der Waals surface area (Å²) in [6.07, 6.45) is -4.85. The quantitative estimate of drug-likeness (QED) is 0.569. The van der Waals surface area contributed by atoms with Gasteiger partial charge in [-0.25, -0.2) is 12.8 Å². The first-order valence-corrected chi connectivity index (χ1v) is 10.4. The molecule has 0 aliphatic carbocycles. The van der Waals surface area contributed by atoms with Gasteiger partial charge in [-0.05, 0) is 43.3 Å². The number of anilines is 1. The molecule has 32 heavy (non-hydrogen) atoms. The molecule has 2 N–H and O–H groups in total. The second-order valence-corrected chi connectivity index (χ2v) is 8.27. The van der Waals surface area contributed by atoms with Crippen molar-refractivity contribution in [3.8, 4) is 5.75 Å². The van der Waals surface area contributed by atoms with E-state index in [4.69, 9.17) is 0 Å². The van der Waals surface area contributed by atoms with Crippen LogP contribution in [0.3, 0.4) is 0 Å². The zero-order valence-electron chi connectivity index (χ0n) is 16.8. The Kier molecular flexibility index (Phi) is 7.80. The Bertz CT molecular complexity index is 1080. The van der Waals surface area contributed by atoms with Crippen molar-refractivity contribution >= 4 is 27.5 Å². The minimum atomic E-state index is -4.85. The second kappa shape index (κ2) is 9.96. The Morgan fingerprint density at radius 2 is 1.69 bits per heavy atom. The molecule has 0 bridgehead atoms. The molecule has 0 unspecified atom stereocenters. The summed E-state index contributed by atoms with van der Waals surface area (Å²) in [5.41, 5.74) is 0.152. The lowest BCUT2D eigenvalue weighted by Gasteiger charge is -2.22. The summed E-state index contributed by atoms with van der Waals surface area (Å²) in [4.78, 5) is 24.8. The summed E-state index contributed by atoms with van der Waals surface area (Å²) in [5, 5.41) is 2.38. The molecule has 1 atom stereocenters. The SMILES string of the molecule is C[C@H](NS(=O)(=O)c1ccccc1F)C(=O)N(C)CC(=O)Nc1ccc(OC(F)(F)F)cc1. The van der Waals surface area contributed by atoms with Crippen LogP contribution in [0.4, 0.5) is 23.2 Å². The van der Waals surface area contributed by atoms with Gasteiger partial charge in [0.15, 0.2) is 0 Å². The molecule has 0 fully saturated rings. The maximum Gasteiger partial charge on any atom is 0.573 e. The average Bonchev–Trinajstić information content (AvgIpc) is 2.67. The molecule has 0 saturated carbocycles. The zero-order chi connectivity index (χ0) is 24.1. The van der Waals surface area contributed by atoms with E-state index in [9.17, 15) is 35.6 Å². The van der Waals surface area contributed by atoms with Gasteiger partial charge in [0.2, 0.25) is 21.8 Å². The van der Waals surface area contributed by atoms with Crippen LogP contribution in [0.2, 0.25) is 0 Å². The molecule has 2 amide bonds. The molecule has 0 spiro atoms. The fraction of sp³-hybridized carbons (Fsp3) is 0.263. The van der Waals surface area contributed by atoms with E-state index in [-0.39, 0.29) is 5.69 Å². The van der Waals surface area contributed by atoms with Gasteiger partial charge in [0.1, 0.15) is 16.5 Å². The van der Waals surface area contributed by atoms with Crippen LogP contribution in [0.5, 0.6) is 5.75 Å². The summed E-state index contributed by atoms with van der Waals surface area (Å²) < 4.78 is 80.6. The van der Waals surface area contributed by atoms with Crippen LogP contribution in [0.25, 0.3) is 0 Å². The number of hydrogen-bond donors (Lipinski definition) is 2. The van der Waals surface area contributed by atoms with E-state index >= 15 is 0 Å². The third kappa shape index (κ3) is 7.20. The Balaban J connectivity index is 1.93. The first kappa shape index (κ1) is 25.1. The molecule has 0 heterocycles. The minimum absolute atomic E-state index is 0.152. The molecule has 2 aromatic rings. The van der Waals surface area contributed by atoms with Crippen LogP contribution in [-0.2, 0) is 19.6 Å². The van der Waals surface area contributed by atoms with Crippen molar-refractivity contribution in [3.63, 3.8) is 0 Å². The van der Waals surface area contributed by atoms with E-state index in [0.717, 1.165) is 29.2 Å². The summed E-state index contributed by atoms with van der Waals surface area (Å²) in [7, 11) is -3.08. The van der Waals surface area contributed by atoms with E-state index in [1.807, 2.05) is 4.72 Å². The number of carbonyl (C=O) groups is 2. The maximum atomic E-state index is 13.7. The summed E-state index contributed by atoms with van der Waals surface area (Å²) >= 11 is 0. The molecule has 174 valence electrons. The summed E-state index contributed by atoms with van der Waals surface area (Å²) in [5.74, 6) is -2.92. The predicted octanol–water partition coefficient (Wildman–Crippen LogP) is 2.49. The van der Waals surface area contributed by atoms with Crippen LogP contribution in [0.15, 0.2) is 53.4 Å². The number of amides is 2. The number of alkyl halides is 3. The lowest BCUT2D eigenvalue weighted by Crippen LogP contribution is -2.47. The van der Waals surface area contributed by atoms with Crippen LogP contribution in [0.1, 0.15) is 6.92 Å². The van der Waals surface area contributed by atoms with Crippen molar-refractivity contribution in [2.24, 2.45) is 0 Å². The number of halogens is 4. The monoisotopic (exact) mass is 477 g/mol. The van der Waals surface area contributed by atoms with Crippen molar-refractivity contribution in [3.05, 3.63) is 54.3 Å². The van der Waals surface area contributed by atoms with Crippen LogP contribution in [-0.4, -0.2) is 51.1 Å². The standard InChI is InChI=1S/C19H19F4N3O5S/c1-12(25-32(29,30)16-6-4-3-5-15(16)20)18(28)26(2)11-17(27)24-13-7-9-14(10-8-13)31-19(21,22)23/h3-10,12,25H,11H2,1-2H3,(H,24,27)/t12-/m0/s1. The van der Waals surface area contributed by atoms with Gasteiger partial charge in [0.25, 0.3) is 0 Å². The van der Waals surface area contributed by atoms with E-state index in [1.54, 1.807) is 0 Å². The van der Waals surface area contributed by atoms with Crippen LogP contribution < -0.4 is 14.8 Å². The fourth-order valence-corrected chi connectivity index (χ4v) is 3.85. The smallest absolute Gasteiger partial charge is 0.406 e. The molecule has 2 aromatic carbocycles. The van der Waals surface area contributed by atoms with Gasteiger partial charge in [0, 0.05) is 12.7 Å². The number of benzene rings is 2. The largest absolute Gasteiger partial charge is 0.573 e. The van der Waals surface area contributed by atoms with Gasteiger partial charge in [-0.1, -0.05) is 12.1 Å². The number of carbonyl (C=O) groups excluding carboxylic acids is 2. The molecule has 0 aromatic heterocycles. The maximum absolute atomic E-state index is 13.7. The summed E-state index contributed by atoms with van der Waals surface area (Å²) in [6, 6.07) is 7.66. The number of likely N-dealkylation sites (N-methyl/N-ethyl adjacent to an activating group) is 1. The summed E-state index contributed by atoms with van der Waals surface area (Å²) in [6.45, 7) is 0.750. The van der Waals surface area contributed by atoms with Crippen molar-refractivity contribution in [1.29, 1.82) is 0 Å². The first-order chi connectivity index (χ1) is 14.8. The van der Waals surface area contributed by atoms with E-state index in [1.165, 1.54) is 38.2 Å². The Morgan fingerprint density at radius 1 is 1.09 bits per heavy atom. The molecule has 0 saturated heterocycles. The van der Waals surface area contributed by atoms with E-state index < -0.39 is 57.2 Å². The molecule has 0 aliphatic heterocycles. The molecular formula is C19H19F4N3O5S. The number of rotatable bonds is 8. The Hall–Kier alpha value is -3.19. The third-order valence-corrected chi connectivity index (χ3v) is 5.53. The lowest BCUT2D eigenvalue weighted by atomic mass is 10.3. The second-order valence-electron chi connectivity index (χ2n) is 6.59. The van der Waals surface area contributed by atoms with Gasteiger partial charge < -0.3 is 15.0 Å². The van der Waals surface area contributed by atoms with Crippen LogP contribution >= 0.6 is 0 Å². The van der Waals surface area contributed by atoms with Gasteiger partial charge in [0.05, 0.1) is 12.6 Å². The van der Waals surface area contributed by atoms with E-state index in [0.29, 0.717) is 0 Å².